The number of hydrogen-bond acceptors (Lipinski definition) is 2. The van der Waals surface area contributed by atoms with Crippen LogP contribution < -0.4 is 10.6 Å². The van der Waals surface area contributed by atoms with E-state index in [2.05, 4.69) is 41.3 Å². The zero-order valence-corrected chi connectivity index (χ0v) is 11.8. The summed E-state index contributed by atoms with van der Waals surface area (Å²) in [4.78, 5) is 6.69. The third-order valence-corrected chi connectivity index (χ3v) is 3.48. The monoisotopic (exact) mass is 240 g/mol. The molecule has 0 heterocycles. The van der Waals surface area contributed by atoms with Crippen molar-refractivity contribution in [2.24, 2.45) is 10.9 Å². The van der Waals surface area contributed by atoms with E-state index in [0.29, 0.717) is 6.04 Å². The Morgan fingerprint density at radius 3 is 2.41 bits per heavy atom. The molecule has 0 aromatic carbocycles. The van der Waals surface area contributed by atoms with Crippen molar-refractivity contribution < 1.29 is 0 Å². The molecule has 1 unspecified atom stereocenters. The van der Waals surface area contributed by atoms with Crippen molar-refractivity contribution in [2.75, 3.05) is 33.2 Å². The molecule has 0 aromatic heterocycles. The van der Waals surface area contributed by atoms with E-state index in [1.807, 2.05) is 7.05 Å². The number of likely N-dealkylation sites (N-methyl/N-ethyl adjacent to an activating group) is 1. The lowest BCUT2D eigenvalue weighted by atomic mass is 10.3. The summed E-state index contributed by atoms with van der Waals surface area (Å²) in [7, 11) is 1.84. The van der Waals surface area contributed by atoms with Gasteiger partial charge in [0.25, 0.3) is 0 Å². The molecule has 4 heteroatoms. The van der Waals surface area contributed by atoms with Crippen LogP contribution in [0.1, 0.15) is 33.6 Å². The Balaban J connectivity index is 2.20. The first-order valence-corrected chi connectivity index (χ1v) is 6.89. The third kappa shape index (κ3) is 5.39. The molecule has 0 saturated heterocycles. The molecule has 1 aliphatic carbocycles. The Morgan fingerprint density at radius 2 is 1.94 bits per heavy atom. The summed E-state index contributed by atoms with van der Waals surface area (Å²) in [5.41, 5.74) is 0. The van der Waals surface area contributed by atoms with Crippen LogP contribution in [0, 0.1) is 5.92 Å². The Morgan fingerprint density at radius 1 is 1.29 bits per heavy atom. The first kappa shape index (κ1) is 14.3. The van der Waals surface area contributed by atoms with Crippen molar-refractivity contribution in [3.05, 3.63) is 0 Å². The van der Waals surface area contributed by atoms with Gasteiger partial charge in [0.15, 0.2) is 5.96 Å². The van der Waals surface area contributed by atoms with Gasteiger partial charge in [-0.2, -0.15) is 0 Å². The van der Waals surface area contributed by atoms with E-state index in [4.69, 9.17) is 0 Å². The Kier molecular flexibility index (Phi) is 6.34. The largest absolute Gasteiger partial charge is 0.356 e. The maximum absolute atomic E-state index is 4.25. The highest BCUT2D eigenvalue weighted by Crippen LogP contribution is 2.27. The van der Waals surface area contributed by atoms with Crippen LogP contribution in [0.4, 0.5) is 0 Å². The molecule has 0 amide bonds. The smallest absolute Gasteiger partial charge is 0.191 e. The first-order chi connectivity index (χ1) is 8.21. The van der Waals surface area contributed by atoms with E-state index in [1.165, 1.54) is 12.8 Å². The van der Waals surface area contributed by atoms with Gasteiger partial charge in [-0.15, -0.1) is 0 Å². The van der Waals surface area contributed by atoms with E-state index in [1.54, 1.807) is 0 Å². The number of rotatable bonds is 7. The summed E-state index contributed by atoms with van der Waals surface area (Å²) in [5, 5.41) is 6.78. The van der Waals surface area contributed by atoms with Crippen molar-refractivity contribution in [2.45, 2.75) is 39.7 Å². The van der Waals surface area contributed by atoms with Crippen LogP contribution in [0.3, 0.4) is 0 Å². The SMILES string of the molecule is CCN(CC)C(C)CNC(=NC)NCC1CC1. The number of aliphatic imine (C=N–C) groups is 1. The minimum atomic E-state index is 0.546. The molecule has 4 nitrogen and oxygen atoms in total. The number of nitrogens with one attached hydrogen (secondary N) is 2. The second-order valence-electron chi connectivity index (χ2n) is 4.85. The summed E-state index contributed by atoms with van der Waals surface area (Å²) in [5.74, 6) is 1.82. The molecule has 1 saturated carbocycles. The molecule has 1 aliphatic rings. The highest BCUT2D eigenvalue weighted by atomic mass is 15.2. The van der Waals surface area contributed by atoms with Crippen molar-refractivity contribution in [1.82, 2.24) is 15.5 Å². The maximum atomic E-state index is 4.25. The van der Waals surface area contributed by atoms with Crippen LogP contribution in [0.25, 0.3) is 0 Å². The fourth-order valence-electron chi connectivity index (χ4n) is 2.00. The lowest BCUT2D eigenvalue weighted by Gasteiger charge is -2.27. The van der Waals surface area contributed by atoms with Gasteiger partial charge in [0, 0.05) is 26.2 Å². The molecule has 1 fully saturated rings. The molecule has 1 atom stereocenters. The highest BCUT2D eigenvalue weighted by Gasteiger charge is 2.21. The Labute approximate surface area is 106 Å². The van der Waals surface area contributed by atoms with Gasteiger partial charge in [0.1, 0.15) is 0 Å². The molecule has 0 aliphatic heterocycles. The van der Waals surface area contributed by atoms with Crippen molar-refractivity contribution in [1.29, 1.82) is 0 Å². The van der Waals surface area contributed by atoms with Gasteiger partial charge in [-0.05, 0) is 38.8 Å². The number of hydrogen-bond donors (Lipinski definition) is 2. The summed E-state index contributed by atoms with van der Waals surface area (Å²) in [6, 6.07) is 0.546. The van der Waals surface area contributed by atoms with Gasteiger partial charge in [-0.25, -0.2) is 0 Å². The van der Waals surface area contributed by atoms with Crippen LogP contribution in [-0.2, 0) is 0 Å². The lowest BCUT2D eigenvalue weighted by molar-refractivity contribution is 0.231. The topological polar surface area (TPSA) is 39.7 Å². The highest BCUT2D eigenvalue weighted by molar-refractivity contribution is 5.79. The summed E-state index contributed by atoms with van der Waals surface area (Å²) in [6.45, 7) is 10.9. The molecular weight excluding hydrogens is 212 g/mol. The summed E-state index contributed by atoms with van der Waals surface area (Å²) < 4.78 is 0. The van der Waals surface area contributed by atoms with Gasteiger partial charge in [0.05, 0.1) is 0 Å². The zero-order chi connectivity index (χ0) is 12.7. The minimum absolute atomic E-state index is 0.546. The van der Waals surface area contributed by atoms with Crippen molar-refractivity contribution in [3.8, 4) is 0 Å². The maximum Gasteiger partial charge on any atom is 0.191 e. The molecule has 2 N–H and O–H groups in total. The van der Waals surface area contributed by atoms with Crippen LogP contribution in [0.2, 0.25) is 0 Å². The van der Waals surface area contributed by atoms with Crippen LogP contribution in [0.15, 0.2) is 4.99 Å². The molecule has 0 radical (unpaired) electrons. The summed E-state index contributed by atoms with van der Waals surface area (Å²) in [6.07, 6.45) is 2.75. The van der Waals surface area contributed by atoms with E-state index in [-0.39, 0.29) is 0 Å². The molecule has 0 aromatic rings. The van der Waals surface area contributed by atoms with Gasteiger partial charge in [0.2, 0.25) is 0 Å². The lowest BCUT2D eigenvalue weighted by Crippen LogP contribution is -2.46. The fraction of sp³-hybridized carbons (Fsp3) is 0.923. The first-order valence-electron chi connectivity index (χ1n) is 6.89. The van der Waals surface area contributed by atoms with Crippen molar-refractivity contribution in [3.63, 3.8) is 0 Å². The van der Waals surface area contributed by atoms with Crippen LogP contribution >= 0.6 is 0 Å². The normalized spacial score (nSPS) is 18.3. The quantitative estimate of drug-likeness (QED) is 0.520. The molecule has 0 bridgehead atoms. The predicted molar refractivity (Wildman–Crippen MR) is 74.5 cm³/mol. The average molecular weight is 240 g/mol. The second-order valence-corrected chi connectivity index (χ2v) is 4.85. The van der Waals surface area contributed by atoms with Gasteiger partial charge in [-0.3, -0.25) is 9.89 Å². The molecule has 1 rings (SSSR count). The van der Waals surface area contributed by atoms with E-state index < -0.39 is 0 Å². The number of guanidine groups is 1. The van der Waals surface area contributed by atoms with E-state index in [0.717, 1.165) is 38.1 Å². The van der Waals surface area contributed by atoms with Gasteiger partial charge < -0.3 is 10.6 Å². The minimum Gasteiger partial charge on any atom is -0.356 e. The molecule has 0 spiro atoms. The molecule has 100 valence electrons. The molecule has 17 heavy (non-hydrogen) atoms. The molecular formula is C13H28N4. The summed E-state index contributed by atoms with van der Waals surface area (Å²) >= 11 is 0. The van der Waals surface area contributed by atoms with Crippen LogP contribution in [0.5, 0.6) is 0 Å². The van der Waals surface area contributed by atoms with E-state index in [9.17, 15) is 0 Å². The fourth-order valence-corrected chi connectivity index (χ4v) is 2.00. The Bertz CT molecular complexity index is 232. The van der Waals surface area contributed by atoms with Crippen molar-refractivity contribution >= 4 is 5.96 Å². The number of nitrogens with zero attached hydrogens (tertiary/aromatic N) is 2. The van der Waals surface area contributed by atoms with Gasteiger partial charge >= 0.3 is 0 Å². The Hall–Kier alpha value is -0.770. The second kappa shape index (κ2) is 7.54. The average Bonchev–Trinajstić information content (AvgIpc) is 3.15. The van der Waals surface area contributed by atoms with Crippen LogP contribution in [-0.4, -0.2) is 50.1 Å². The van der Waals surface area contributed by atoms with Gasteiger partial charge in [-0.1, -0.05) is 13.8 Å². The zero-order valence-electron chi connectivity index (χ0n) is 11.8. The predicted octanol–water partition coefficient (Wildman–Crippen LogP) is 1.29. The van der Waals surface area contributed by atoms with E-state index >= 15 is 0 Å². The third-order valence-electron chi connectivity index (χ3n) is 3.48. The standard InChI is InChI=1S/C13H28N4/c1-5-17(6-2)11(3)9-15-13(14-4)16-10-12-7-8-12/h11-12H,5-10H2,1-4H3,(H2,14,15,16).